The summed E-state index contributed by atoms with van der Waals surface area (Å²) in [6.07, 6.45) is 1.51. The quantitative estimate of drug-likeness (QED) is 0.650. The van der Waals surface area contributed by atoms with E-state index in [4.69, 9.17) is 4.42 Å². The summed E-state index contributed by atoms with van der Waals surface area (Å²) in [6.45, 7) is 7.05. The highest BCUT2D eigenvalue weighted by molar-refractivity contribution is 6.05. The largest absolute Gasteiger partial charge is 0.459 e. The first-order valence-corrected chi connectivity index (χ1v) is 10.5. The molecule has 6 nitrogen and oxygen atoms in total. The number of nitrogens with zero attached hydrogens (tertiary/aromatic N) is 3. The van der Waals surface area contributed by atoms with Gasteiger partial charge in [0.1, 0.15) is 0 Å². The van der Waals surface area contributed by atoms with E-state index in [-0.39, 0.29) is 17.9 Å². The zero-order valence-corrected chi connectivity index (χ0v) is 17.5. The molecule has 3 aromatic rings. The molecule has 1 saturated heterocycles. The standard InChI is InChI=1S/C24H27N3O3/c1-3-27(21-11-6-9-19-8-4-5-10-20(19)21)23(28)18(2)25-13-15-26(16-14-25)24(29)22-12-7-17-30-22/h4-12,17-18H,3,13-16H2,1-2H3/t18-/m1/s1. The molecule has 1 aliphatic heterocycles. The molecule has 4 rings (SSSR count). The molecule has 0 radical (unpaired) electrons. The van der Waals surface area contributed by atoms with Crippen LogP contribution in [0.15, 0.2) is 65.3 Å². The van der Waals surface area contributed by atoms with Gasteiger partial charge in [-0.3, -0.25) is 14.5 Å². The molecule has 0 aliphatic carbocycles. The van der Waals surface area contributed by atoms with Gasteiger partial charge in [0, 0.05) is 38.1 Å². The van der Waals surface area contributed by atoms with E-state index in [1.165, 1.54) is 6.26 Å². The van der Waals surface area contributed by atoms with Crippen LogP contribution in [0, 0.1) is 0 Å². The van der Waals surface area contributed by atoms with Crippen LogP contribution in [0.25, 0.3) is 10.8 Å². The van der Waals surface area contributed by atoms with E-state index in [1.54, 1.807) is 17.0 Å². The summed E-state index contributed by atoms with van der Waals surface area (Å²) in [5.74, 6) is 0.352. The number of amides is 2. The smallest absolute Gasteiger partial charge is 0.289 e. The second-order valence-electron chi connectivity index (χ2n) is 7.56. The van der Waals surface area contributed by atoms with E-state index in [1.807, 2.05) is 43.0 Å². The first-order valence-electron chi connectivity index (χ1n) is 10.5. The molecule has 156 valence electrons. The molecule has 30 heavy (non-hydrogen) atoms. The maximum atomic E-state index is 13.4. The fourth-order valence-electron chi connectivity index (χ4n) is 4.14. The summed E-state index contributed by atoms with van der Waals surface area (Å²) in [5, 5.41) is 2.20. The zero-order chi connectivity index (χ0) is 21.1. The molecular formula is C24H27N3O3. The SMILES string of the molecule is CCN(C(=O)[C@@H](C)N1CCN(C(=O)c2ccco2)CC1)c1cccc2ccccc12. The normalized spacial score (nSPS) is 15.9. The Kier molecular flexibility index (Phi) is 5.86. The molecule has 1 aromatic heterocycles. The van der Waals surface area contributed by atoms with Crippen molar-refractivity contribution in [3.8, 4) is 0 Å². The van der Waals surface area contributed by atoms with Gasteiger partial charge in [-0.25, -0.2) is 0 Å². The molecule has 0 bridgehead atoms. The van der Waals surface area contributed by atoms with Crippen molar-refractivity contribution >= 4 is 28.3 Å². The molecule has 2 heterocycles. The maximum Gasteiger partial charge on any atom is 0.289 e. The van der Waals surface area contributed by atoms with Crippen molar-refractivity contribution < 1.29 is 14.0 Å². The van der Waals surface area contributed by atoms with Gasteiger partial charge in [-0.05, 0) is 37.4 Å². The molecule has 2 aromatic carbocycles. The van der Waals surface area contributed by atoms with Gasteiger partial charge in [-0.15, -0.1) is 0 Å². The molecule has 0 unspecified atom stereocenters. The van der Waals surface area contributed by atoms with Gasteiger partial charge in [-0.2, -0.15) is 0 Å². The van der Waals surface area contributed by atoms with Gasteiger partial charge in [0.15, 0.2) is 5.76 Å². The summed E-state index contributed by atoms with van der Waals surface area (Å²) in [4.78, 5) is 31.7. The second kappa shape index (κ2) is 8.71. The highest BCUT2D eigenvalue weighted by atomic mass is 16.3. The van der Waals surface area contributed by atoms with E-state index in [2.05, 4.69) is 23.1 Å². The van der Waals surface area contributed by atoms with Crippen LogP contribution in [-0.4, -0.2) is 60.4 Å². The minimum Gasteiger partial charge on any atom is -0.459 e. The van der Waals surface area contributed by atoms with Crippen LogP contribution in [0.5, 0.6) is 0 Å². The fourth-order valence-corrected chi connectivity index (χ4v) is 4.14. The molecule has 2 amide bonds. The number of likely N-dealkylation sites (N-methyl/N-ethyl adjacent to an activating group) is 1. The van der Waals surface area contributed by atoms with Gasteiger partial charge in [-0.1, -0.05) is 36.4 Å². The zero-order valence-electron chi connectivity index (χ0n) is 17.5. The molecule has 1 fully saturated rings. The van der Waals surface area contributed by atoms with E-state index < -0.39 is 0 Å². The van der Waals surface area contributed by atoms with E-state index >= 15 is 0 Å². The van der Waals surface area contributed by atoms with Crippen molar-refractivity contribution in [2.75, 3.05) is 37.6 Å². The summed E-state index contributed by atoms with van der Waals surface area (Å²) in [7, 11) is 0. The maximum absolute atomic E-state index is 13.4. The van der Waals surface area contributed by atoms with E-state index in [0.29, 0.717) is 38.5 Å². The Morgan fingerprint density at radius 1 is 1.00 bits per heavy atom. The van der Waals surface area contributed by atoms with E-state index in [9.17, 15) is 9.59 Å². The topological polar surface area (TPSA) is 57.0 Å². The predicted molar refractivity (Wildman–Crippen MR) is 118 cm³/mol. The number of benzene rings is 2. The van der Waals surface area contributed by atoms with Crippen LogP contribution in [0.3, 0.4) is 0 Å². The lowest BCUT2D eigenvalue weighted by Crippen LogP contribution is -2.55. The first-order chi connectivity index (χ1) is 14.6. The average Bonchev–Trinajstić information content (AvgIpc) is 3.34. The molecular weight excluding hydrogens is 378 g/mol. The molecule has 1 aliphatic rings. The third-order valence-electron chi connectivity index (χ3n) is 5.88. The number of fused-ring (bicyclic) bond motifs is 1. The number of carbonyl (C=O) groups is 2. The average molecular weight is 405 g/mol. The Bertz CT molecular complexity index is 1020. The highest BCUT2D eigenvalue weighted by Gasteiger charge is 2.31. The molecule has 0 N–H and O–H groups in total. The lowest BCUT2D eigenvalue weighted by atomic mass is 10.1. The minimum atomic E-state index is -0.259. The van der Waals surface area contributed by atoms with Crippen LogP contribution < -0.4 is 4.90 Å². The van der Waals surface area contributed by atoms with Gasteiger partial charge in [0.25, 0.3) is 5.91 Å². The Morgan fingerprint density at radius 2 is 1.73 bits per heavy atom. The van der Waals surface area contributed by atoms with Crippen molar-refractivity contribution in [3.05, 3.63) is 66.6 Å². The monoisotopic (exact) mass is 405 g/mol. The van der Waals surface area contributed by atoms with Crippen molar-refractivity contribution in [1.82, 2.24) is 9.80 Å². The van der Waals surface area contributed by atoms with Crippen molar-refractivity contribution in [2.45, 2.75) is 19.9 Å². The van der Waals surface area contributed by atoms with Gasteiger partial charge < -0.3 is 14.2 Å². The second-order valence-corrected chi connectivity index (χ2v) is 7.56. The summed E-state index contributed by atoms with van der Waals surface area (Å²) < 4.78 is 5.23. The van der Waals surface area contributed by atoms with Gasteiger partial charge in [0.2, 0.25) is 5.91 Å². The summed E-state index contributed by atoms with van der Waals surface area (Å²) >= 11 is 0. The first kappa shape index (κ1) is 20.2. The Morgan fingerprint density at radius 3 is 2.43 bits per heavy atom. The summed E-state index contributed by atoms with van der Waals surface area (Å²) in [6, 6.07) is 17.4. The number of carbonyl (C=O) groups excluding carboxylic acids is 2. The van der Waals surface area contributed by atoms with Crippen molar-refractivity contribution in [1.29, 1.82) is 0 Å². The Balaban J connectivity index is 1.46. The van der Waals surface area contributed by atoms with Crippen LogP contribution in [-0.2, 0) is 4.79 Å². The summed E-state index contributed by atoms with van der Waals surface area (Å²) in [5.41, 5.74) is 0.944. The Hall–Kier alpha value is -3.12. The van der Waals surface area contributed by atoms with Crippen molar-refractivity contribution in [2.24, 2.45) is 0 Å². The lowest BCUT2D eigenvalue weighted by Gasteiger charge is -2.38. The number of piperazine rings is 1. The van der Waals surface area contributed by atoms with Crippen LogP contribution in [0.4, 0.5) is 5.69 Å². The van der Waals surface area contributed by atoms with Gasteiger partial charge in [0.05, 0.1) is 18.0 Å². The predicted octanol–water partition coefficient (Wildman–Crippen LogP) is 3.63. The number of hydrogen-bond acceptors (Lipinski definition) is 4. The number of furan rings is 1. The molecule has 1 atom stereocenters. The van der Waals surface area contributed by atoms with Crippen LogP contribution in [0.1, 0.15) is 24.4 Å². The Labute approximate surface area is 176 Å². The highest BCUT2D eigenvalue weighted by Crippen LogP contribution is 2.27. The third-order valence-corrected chi connectivity index (χ3v) is 5.88. The van der Waals surface area contributed by atoms with Crippen LogP contribution >= 0.6 is 0 Å². The third kappa shape index (κ3) is 3.83. The minimum absolute atomic E-state index is 0.0830. The number of hydrogen-bond donors (Lipinski definition) is 0. The molecule has 6 heteroatoms. The number of anilines is 1. The van der Waals surface area contributed by atoms with E-state index in [0.717, 1.165) is 16.5 Å². The van der Waals surface area contributed by atoms with Crippen molar-refractivity contribution in [3.63, 3.8) is 0 Å². The van der Waals surface area contributed by atoms with Crippen LogP contribution in [0.2, 0.25) is 0 Å². The van der Waals surface area contributed by atoms with Gasteiger partial charge >= 0.3 is 0 Å². The molecule has 0 saturated carbocycles. The fraction of sp³-hybridized carbons (Fsp3) is 0.333. The lowest BCUT2D eigenvalue weighted by molar-refractivity contribution is -0.123. The number of rotatable bonds is 5. The molecule has 0 spiro atoms.